The van der Waals surface area contributed by atoms with E-state index >= 15 is 0 Å². The van der Waals surface area contributed by atoms with Gasteiger partial charge < -0.3 is 4.90 Å². The SMILES string of the molecule is CCN(C(=O)c1nn(-c2ccccc2)c2c1CCCCC2)c1ccccc1. The first-order chi connectivity index (χ1) is 13.3. The Morgan fingerprint density at radius 2 is 1.63 bits per heavy atom. The number of aromatic nitrogens is 2. The Bertz CT molecular complexity index is 916. The van der Waals surface area contributed by atoms with E-state index in [1.165, 1.54) is 12.1 Å². The Balaban J connectivity index is 1.80. The summed E-state index contributed by atoms with van der Waals surface area (Å²) in [5.74, 6) is -0.00321. The fourth-order valence-corrected chi connectivity index (χ4v) is 3.91. The van der Waals surface area contributed by atoms with Crippen molar-refractivity contribution in [3.8, 4) is 5.69 Å². The molecule has 1 aliphatic carbocycles. The summed E-state index contributed by atoms with van der Waals surface area (Å²) in [6, 6.07) is 20.0. The number of fused-ring (bicyclic) bond motifs is 1. The van der Waals surface area contributed by atoms with Crippen molar-refractivity contribution >= 4 is 11.6 Å². The van der Waals surface area contributed by atoms with E-state index in [0.717, 1.165) is 42.6 Å². The van der Waals surface area contributed by atoms with Crippen LogP contribution in [0.5, 0.6) is 0 Å². The Kier molecular flexibility index (Phi) is 5.05. The van der Waals surface area contributed by atoms with Crippen LogP contribution in [0.25, 0.3) is 5.69 Å². The van der Waals surface area contributed by atoms with Gasteiger partial charge in [-0.25, -0.2) is 4.68 Å². The topological polar surface area (TPSA) is 38.1 Å². The third kappa shape index (κ3) is 3.39. The number of rotatable bonds is 4. The van der Waals surface area contributed by atoms with E-state index in [0.29, 0.717) is 12.2 Å². The summed E-state index contributed by atoms with van der Waals surface area (Å²) in [7, 11) is 0. The quantitative estimate of drug-likeness (QED) is 0.627. The van der Waals surface area contributed by atoms with Crippen molar-refractivity contribution in [2.45, 2.75) is 39.0 Å². The molecule has 4 rings (SSSR count). The van der Waals surface area contributed by atoms with Gasteiger partial charge in [0.05, 0.1) is 5.69 Å². The molecule has 1 aliphatic rings. The summed E-state index contributed by atoms with van der Waals surface area (Å²) < 4.78 is 1.99. The van der Waals surface area contributed by atoms with Gasteiger partial charge in [-0.2, -0.15) is 5.10 Å². The number of amides is 1. The lowest BCUT2D eigenvalue weighted by Gasteiger charge is -2.20. The van der Waals surface area contributed by atoms with Gasteiger partial charge in [0.2, 0.25) is 0 Å². The Labute approximate surface area is 160 Å². The van der Waals surface area contributed by atoms with E-state index in [1.807, 2.05) is 65.0 Å². The minimum Gasteiger partial charge on any atom is -0.307 e. The molecule has 2 aromatic carbocycles. The second-order valence-electron chi connectivity index (χ2n) is 6.97. The second-order valence-corrected chi connectivity index (χ2v) is 6.97. The average Bonchev–Trinajstić information content (AvgIpc) is 2.91. The molecule has 0 unspecified atom stereocenters. The summed E-state index contributed by atoms with van der Waals surface area (Å²) in [4.78, 5) is 15.3. The van der Waals surface area contributed by atoms with Crippen LogP contribution < -0.4 is 4.90 Å². The minimum atomic E-state index is -0.00321. The molecule has 4 heteroatoms. The maximum atomic E-state index is 13.5. The third-order valence-electron chi connectivity index (χ3n) is 5.26. The lowest BCUT2D eigenvalue weighted by atomic mass is 10.1. The Morgan fingerprint density at radius 1 is 0.963 bits per heavy atom. The number of hydrogen-bond acceptors (Lipinski definition) is 2. The van der Waals surface area contributed by atoms with Crippen LogP contribution in [0.15, 0.2) is 60.7 Å². The average molecular weight is 359 g/mol. The molecule has 138 valence electrons. The zero-order valence-electron chi connectivity index (χ0n) is 15.8. The summed E-state index contributed by atoms with van der Waals surface area (Å²) in [6.45, 7) is 2.63. The van der Waals surface area contributed by atoms with Gasteiger partial charge in [-0.1, -0.05) is 42.8 Å². The van der Waals surface area contributed by atoms with Gasteiger partial charge in [-0.05, 0) is 56.9 Å². The molecule has 0 N–H and O–H groups in total. The molecule has 0 atom stereocenters. The number of carbonyl (C=O) groups excluding carboxylic acids is 1. The maximum absolute atomic E-state index is 13.5. The molecule has 0 fully saturated rings. The number of anilines is 1. The van der Waals surface area contributed by atoms with Gasteiger partial charge in [0.1, 0.15) is 0 Å². The van der Waals surface area contributed by atoms with Crippen molar-refractivity contribution in [2.75, 3.05) is 11.4 Å². The number of hydrogen-bond donors (Lipinski definition) is 0. The Morgan fingerprint density at radius 3 is 2.33 bits per heavy atom. The van der Waals surface area contributed by atoms with E-state index in [4.69, 9.17) is 5.10 Å². The zero-order chi connectivity index (χ0) is 18.6. The molecule has 0 saturated carbocycles. The van der Waals surface area contributed by atoms with E-state index in [-0.39, 0.29) is 5.91 Å². The first-order valence-corrected chi connectivity index (χ1v) is 9.82. The van der Waals surface area contributed by atoms with Crippen molar-refractivity contribution < 1.29 is 4.79 Å². The highest BCUT2D eigenvalue weighted by Crippen LogP contribution is 2.28. The number of carbonyl (C=O) groups is 1. The molecule has 27 heavy (non-hydrogen) atoms. The van der Waals surface area contributed by atoms with Gasteiger partial charge in [0, 0.05) is 23.5 Å². The molecule has 1 aromatic heterocycles. The van der Waals surface area contributed by atoms with Crippen molar-refractivity contribution in [3.05, 3.63) is 77.6 Å². The molecular formula is C23H25N3O. The predicted octanol–water partition coefficient (Wildman–Crippen LogP) is 4.81. The van der Waals surface area contributed by atoms with Gasteiger partial charge in [-0.3, -0.25) is 4.79 Å². The highest BCUT2D eigenvalue weighted by Gasteiger charge is 2.27. The lowest BCUT2D eigenvalue weighted by Crippen LogP contribution is -2.31. The van der Waals surface area contributed by atoms with Gasteiger partial charge in [-0.15, -0.1) is 0 Å². The highest BCUT2D eigenvalue weighted by atomic mass is 16.2. The van der Waals surface area contributed by atoms with Crippen molar-refractivity contribution in [1.82, 2.24) is 9.78 Å². The van der Waals surface area contributed by atoms with Crippen LogP contribution in [-0.2, 0) is 12.8 Å². The van der Waals surface area contributed by atoms with Crippen molar-refractivity contribution in [3.63, 3.8) is 0 Å². The second kappa shape index (κ2) is 7.78. The molecule has 1 heterocycles. The molecule has 4 nitrogen and oxygen atoms in total. The van der Waals surface area contributed by atoms with Crippen LogP contribution in [0.2, 0.25) is 0 Å². The molecule has 0 saturated heterocycles. The molecule has 3 aromatic rings. The predicted molar refractivity (Wildman–Crippen MR) is 109 cm³/mol. The molecule has 0 aliphatic heterocycles. The van der Waals surface area contributed by atoms with Gasteiger partial charge in [0.15, 0.2) is 5.69 Å². The molecular weight excluding hydrogens is 334 g/mol. The largest absolute Gasteiger partial charge is 0.307 e. The van der Waals surface area contributed by atoms with Crippen LogP contribution in [0, 0.1) is 0 Å². The summed E-state index contributed by atoms with van der Waals surface area (Å²) in [6.07, 6.45) is 5.37. The summed E-state index contributed by atoms with van der Waals surface area (Å²) >= 11 is 0. The van der Waals surface area contributed by atoms with Crippen LogP contribution in [0.1, 0.15) is 47.9 Å². The standard InChI is InChI=1S/C23H25N3O/c1-2-25(18-12-6-3-7-13-18)23(27)22-20-16-10-5-11-17-21(20)26(24-22)19-14-8-4-9-15-19/h3-4,6-9,12-15H,2,5,10-11,16-17H2,1H3. The number of nitrogens with zero attached hydrogens (tertiary/aromatic N) is 3. The van der Waals surface area contributed by atoms with Gasteiger partial charge in [0.25, 0.3) is 5.91 Å². The monoisotopic (exact) mass is 359 g/mol. The molecule has 0 spiro atoms. The minimum absolute atomic E-state index is 0.00321. The normalized spacial score (nSPS) is 13.7. The van der Waals surface area contributed by atoms with Crippen LogP contribution >= 0.6 is 0 Å². The summed E-state index contributed by atoms with van der Waals surface area (Å²) in [5.41, 5.74) is 4.89. The van der Waals surface area contributed by atoms with Crippen LogP contribution in [0.3, 0.4) is 0 Å². The summed E-state index contributed by atoms with van der Waals surface area (Å²) in [5, 5.41) is 4.82. The fourth-order valence-electron chi connectivity index (χ4n) is 3.91. The van der Waals surface area contributed by atoms with E-state index in [2.05, 4.69) is 12.1 Å². The van der Waals surface area contributed by atoms with Gasteiger partial charge >= 0.3 is 0 Å². The first-order valence-electron chi connectivity index (χ1n) is 9.82. The van der Waals surface area contributed by atoms with Crippen LogP contribution in [0.4, 0.5) is 5.69 Å². The number of benzene rings is 2. The Hall–Kier alpha value is -2.88. The first kappa shape index (κ1) is 17.5. The van der Waals surface area contributed by atoms with Crippen molar-refractivity contribution in [1.29, 1.82) is 0 Å². The third-order valence-corrected chi connectivity index (χ3v) is 5.26. The van der Waals surface area contributed by atoms with E-state index < -0.39 is 0 Å². The highest BCUT2D eigenvalue weighted by molar-refractivity contribution is 6.06. The van der Waals surface area contributed by atoms with Crippen molar-refractivity contribution in [2.24, 2.45) is 0 Å². The van der Waals surface area contributed by atoms with Crippen LogP contribution in [-0.4, -0.2) is 22.2 Å². The maximum Gasteiger partial charge on any atom is 0.279 e. The number of para-hydroxylation sites is 2. The lowest BCUT2D eigenvalue weighted by molar-refractivity contribution is 0.0982. The molecule has 1 amide bonds. The molecule has 0 radical (unpaired) electrons. The van der Waals surface area contributed by atoms with E-state index in [1.54, 1.807) is 0 Å². The molecule has 0 bridgehead atoms. The fraction of sp³-hybridized carbons (Fsp3) is 0.304. The van der Waals surface area contributed by atoms with E-state index in [9.17, 15) is 4.79 Å². The smallest absolute Gasteiger partial charge is 0.279 e. The zero-order valence-corrected chi connectivity index (χ0v) is 15.8.